The van der Waals surface area contributed by atoms with Crippen LogP contribution in [0, 0.1) is 5.82 Å². The number of halogens is 1. The zero-order chi connectivity index (χ0) is 15.4. The van der Waals surface area contributed by atoms with E-state index in [2.05, 4.69) is 15.6 Å². The molecule has 2 N–H and O–H groups in total. The molecule has 1 aliphatic carbocycles. The maximum atomic E-state index is 13.2. The second-order valence-electron chi connectivity index (χ2n) is 5.61. The molecule has 1 aromatic heterocycles. The molecule has 0 unspecified atom stereocenters. The van der Waals surface area contributed by atoms with Crippen LogP contribution in [0.25, 0.3) is 0 Å². The predicted octanol–water partition coefficient (Wildman–Crippen LogP) is 2.97. The van der Waals surface area contributed by atoms with Gasteiger partial charge < -0.3 is 10.6 Å². The Balaban J connectivity index is 1.41. The van der Waals surface area contributed by atoms with Gasteiger partial charge in [-0.2, -0.15) is 0 Å². The average molecular weight is 299 g/mol. The summed E-state index contributed by atoms with van der Waals surface area (Å²) >= 11 is 0. The summed E-state index contributed by atoms with van der Waals surface area (Å²) in [6, 6.07) is 10.4. The molecule has 22 heavy (non-hydrogen) atoms. The molecule has 3 rings (SSSR count). The number of benzene rings is 1. The molecule has 4 nitrogen and oxygen atoms in total. The van der Waals surface area contributed by atoms with Gasteiger partial charge in [0.05, 0.1) is 0 Å². The monoisotopic (exact) mass is 299 g/mol. The Hall–Kier alpha value is -2.43. The Morgan fingerprint density at radius 2 is 2.14 bits per heavy atom. The number of urea groups is 1. The molecule has 1 fully saturated rings. The third-order valence-electron chi connectivity index (χ3n) is 3.97. The van der Waals surface area contributed by atoms with Gasteiger partial charge in [0, 0.05) is 25.0 Å². The van der Waals surface area contributed by atoms with Gasteiger partial charge in [0.2, 0.25) is 0 Å². The highest BCUT2D eigenvalue weighted by Crippen LogP contribution is 2.36. The molecule has 2 amide bonds. The number of carbonyl (C=O) groups is 1. The molecule has 2 aromatic rings. The second-order valence-corrected chi connectivity index (χ2v) is 5.61. The fourth-order valence-electron chi connectivity index (χ4n) is 2.69. The summed E-state index contributed by atoms with van der Waals surface area (Å²) in [6.07, 6.45) is 5.13. The van der Waals surface area contributed by atoms with E-state index in [0.29, 0.717) is 12.5 Å². The topological polar surface area (TPSA) is 54.0 Å². The molecule has 0 spiro atoms. The summed E-state index contributed by atoms with van der Waals surface area (Å²) in [5, 5.41) is 5.75. The molecular weight excluding hydrogens is 281 g/mol. The highest BCUT2D eigenvalue weighted by molar-refractivity contribution is 5.74. The number of hydrogen-bond acceptors (Lipinski definition) is 2. The Morgan fingerprint density at radius 1 is 1.27 bits per heavy atom. The van der Waals surface area contributed by atoms with Crippen molar-refractivity contribution in [3.8, 4) is 0 Å². The first kappa shape index (κ1) is 14.5. The van der Waals surface area contributed by atoms with Crippen LogP contribution in [0.2, 0.25) is 0 Å². The SMILES string of the molecule is O=C(NCc1cccnc1)NC1CC(c2cccc(F)c2)C1. The van der Waals surface area contributed by atoms with Crippen molar-refractivity contribution in [3.05, 3.63) is 65.7 Å². The van der Waals surface area contributed by atoms with Crippen molar-refractivity contribution < 1.29 is 9.18 Å². The van der Waals surface area contributed by atoms with Gasteiger partial charge in [0.15, 0.2) is 0 Å². The number of carbonyl (C=O) groups excluding carboxylic acids is 1. The van der Waals surface area contributed by atoms with E-state index in [1.807, 2.05) is 18.2 Å². The van der Waals surface area contributed by atoms with Gasteiger partial charge in [0.25, 0.3) is 0 Å². The molecule has 1 saturated carbocycles. The van der Waals surface area contributed by atoms with Crippen molar-refractivity contribution in [2.75, 3.05) is 0 Å². The van der Waals surface area contributed by atoms with E-state index in [-0.39, 0.29) is 17.9 Å². The number of hydrogen-bond donors (Lipinski definition) is 2. The maximum Gasteiger partial charge on any atom is 0.315 e. The van der Waals surface area contributed by atoms with Crippen molar-refractivity contribution in [3.63, 3.8) is 0 Å². The van der Waals surface area contributed by atoms with Crippen LogP contribution >= 0.6 is 0 Å². The van der Waals surface area contributed by atoms with Crippen LogP contribution in [0.15, 0.2) is 48.8 Å². The largest absolute Gasteiger partial charge is 0.335 e. The number of pyridine rings is 1. The van der Waals surface area contributed by atoms with E-state index < -0.39 is 0 Å². The fraction of sp³-hybridized carbons (Fsp3) is 0.294. The second kappa shape index (κ2) is 6.56. The van der Waals surface area contributed by atoms with Crippen LogP contribution in [0.4, 0.5) is 9.18 Å². The van der Waals surface area contributed by atoms with Gasteiger partial charge in [-0.05, 0) is 48.1 Å². The molecule has 0 atom stereocenters. The molecule has 0 aliphatic heterocycles. The Bertz CT molecular complexity index is 641. The molecule has 0 saturated heterocycles. The third-order valence-corrected chi connectivity index (χ3v) is 3.97. The standard InChI is InChI=1S/C17H18FN3O/c18-15-5-1-4-13(7-15)14-8-16(9-14)21-17(22)20-11-12-3-2-6-19-10-12/h1-7,10,14,16H,8-9,11H2,(H2,20,21,22). The zero-order valence-corrected chi connectivity index (χ0v) is 12.1. The van der Waals surface area contributed by atoms with Crippen LogP contribution in [0.5, 0.6) is 0 Å². The van der Waals surface area contributed by atoms with Gasteiger partial charge >= 0.3 is 6.03 Å². The Morgan fingerprint density at radius 3 is 2.86 bits per heavy atom. The van der Waals surface area contributed by atoms with Crippen LogP contribution in [0.1, 0.15) is 29.9 Å². The number of nitrogens with one attached hydrogen (secondary N) is 2. The first-order chi connectivity index (χ1) is 10.7. The summed E-state index contributed by atoms with van der Waals surface area (Å²) in [4.78, 5) is 15.8. The number of amides is 2. The van der Waals surface area contributed by atoms with Crippen molar-refractivity contribution in [2.24, 2.45) is 0 Å². The van der Waals surface area contributed by atoms with Gasteiger partial charge in [-0.1, -0.05) is 18.2 Å². The van der Waals surface area contributed by atoms with E-state index in [9.17, 15) is 9.18 Å². The first-order valence-corrected chi connectivity index (χ1v) is 7.39. The van der Waals surface area contributed by atoms with E-state index >= 15 is 0 Å². The van der Waals surface area contributed by atoms with Gasteiger partial charge in [-0.25, -0.2) is 9.18 Å². The number of nitrogens with zero attached hydrogens (tertiary/aromatic N) is 1. The lowest BCUT2D eigenvalue weighted by molar-refractivity contribution is 0.222. The fourth-order valence-corrected chi connectivity index (χ4v) is 2.69. The lowest BCUT2D eigenvalue weighted by Gasteiger charge is -2.36. The molecule has 1 heterocycles. The van der Waals surface area contributed by atoms with E-state index in [0.717, 1.165) is 24.0 Å². The molecule has 114 valence electrons. The van der Waals surface area contributed by atoms with Crippen molar-refractivity contribution >= 4 is 6.03 Å². The van der Waals surface area contributed by atoms with E-state index in [1.54, 1.807) is 24.5 Å². The molecule has 1 aromatic carbocycles. The first-order valence-electron chi connectivity index (χ1n) is 7.39. The lowest BCUT2D eigenvalue weighted by atomic mass is 9.76. The molecule has 1 aliphatic rings. The highest BCUT2D eigenvalue weighted by atomic mass is 19.1. The van der Waals surface area contributed by atoms with Crippen LogP contribution in [-0.4, -0.2) is 17.1 Å². The smallest absolute Gasteiger partial charge is 0.315 e. The Kier molecular flexibility index (Phi) is 4.32. The molecule has 0 bridgehead atoms. The minimum absolute atomic E-state index is 0.155. The van der Waals surface area contributed by atoms with Crippen LogP contribution < -0.4 is 10.6 Å². The maximum absolute atomic E-state index is 13.2. The van der Waals surface area contributed by atoms with E-state index in [1.165, 1.54) is 6.07 Å². The normalized spacial score (nSPS) is 20.0. The number of rotatable bonds is 4. The van der Waals surface area contributed by atoms with Gasteiger partial charge in [0.1, 0.15) is 5.82 Å². The summed E-state index contributed by atoms with van der Waals surface area (Å²) in [5.41, 5.74) is 1.97. The minimum atomic E-state index is -0.205. The number of aromatic nitrogens is 1. The Labute approximate surface area is 128 Å². The van der Waals surface area contributed by atoms with Gasteiger partial charge in [-0.15, -0.1) is 0 Å². The average Bonchev–Trinajstić information content (AvgIpc) is 2.49. The lowest BCUT2D eigenvalue weighted by Crippen LogP contribution is -2.47. The highest BCUT2D eigenvalue weighted by Gasteiger charge is 2.31. The molecular formula is C17H18FN3O. The summed E-state index contributed by atoms with van der Waals surface area (Å²) in [7, 11) is 0. The summed E-state index contributed by atoms with van der Waals surface area (Å²) in [5.74, 6) is 0.127. The zero-order valence-electron chi connectivity index (χ0n) is 12.1. The van der Waals surface area contributed by atoms with Crippen LogP contribution in [0.3, 0.4) is 0 Å². The third kappa shape index (κ3) is 3.61. The van der Waals surface area contributed by atoms with Gasteiger partial charge in [-0.3, -0.25) is 4.98 Å². The molecule has 5 heteroatoms. The summed E-state index contributed by atoms with van der Waals surface area (Å²) in [6.45, 7) is 0.458. The molecule has 0 radical (unpaired) electrons. The predicted molar refractivity (Wildman–Crippen MR) is 81.8 cm³/mol. The van der Waals surface area contributed by atoms with E-state index in [4.69, 9.17) is 0 Å². The van der Waals surface area contributed by atoms with Crippen molar-refractivity contribution in [1.29, 1.82) is 0 Å². The van der Waals surface area contributed by atoms with Crippen molar-refractivity contribution in [2.45, 2.75) is 31.3 Å². The minimum Gasteiger partial charge on any atom is -0.335 e. The quantitative estimate of drug-likeness (QED) is 0.912. The van der Waals surface area contributed by atoms with Crippen LogP contribution in [-0.2, 0) is 6.54 Å². The van der Waals surface area contributed by atoms with Crippen molar-refractivity contribution in [1.82, 2.24) is 15.6 Å². The summed E-state index contributed by atoms with van der Waals surface area (Å²) < 4.78 is 13.2.